The number of hydrogen-bond donors (Lipinski definition) is 3. The molecular weight excluding hydrogens is 273 g/mol. The van der Waals surface area contributed by atoms with Crippen LogP contribution < -0.4 is 16.2 Å². The lowest BCUT2D eigenvalue weighted by Gasteiger charge is -2.10. The number of nitrogens with one attached hydrogen (secondary N) is 3. The van der Waals surface area contributed by atoms with Gasteiger partial charge in [-0.1, -0.05) is 13.8 Å². The van der Waals surface area contributed by atoms with Crippen LogP contribution in [-0.2, 0) is 0 Å². The smallest absolute Gasteiger partial charge is 0.319 e. The number of benzene rings is 1. The molecule has 21 heavy (non-hydrogen) atoms. The normalized spacial score (nSPS) is 10.9. The quantitative estimate of drug-likeness (QED) is 0.810. The first kappa shape index (κ1) is 15.0. The first-order chi connectivity index (χ1) is 9.95. The van der Waals surface area contributed by atoms with E-state index in [1.807, 2.05) is 0 Å². The van der Waals surface area contributed by atoms with Crippen molar-refractivity contribution in [3.8, 4) is 0 Å². The van der Waals surface area contributed by atoms with Crippen molar-refractivity contribution in [2.45, 2.75) is 20.3 Å². The zero-order valence-electron chi connectivity index (χ0n) is 12.0. The summed E-state index contributed by atoms with van der Waals surface area (Å²) in [6, 6.07) is 5.24. The van der Waals surface area contributed by atoms with Crippen molar-refractivity contribution < 1.29 is 9.18 Å². The summed E-state index contributed by atoms with van der Waals surface area (Å²) in [5.74, 6) is -0.0806. The Morgan fingerprint density at radius 3 is 2.81 bits per heavy atom. The Bertz CT molecular complexity index is 710. The Labute approximate surface area is 121 Å². The second kappa shape index (κ2) is 6.39. The highest BCUT2D eigenvalue weighted by Crippen LogP contribution is 2.20. The predicted molar refractivity (Wildman–Crippen MR) is 81.0 cm³/mol. The van der Waals surface area contributed by atoms with Gasteiger partial charge in [0.05, 0.1) is 5.52 Å². The number of pyridine rings is 1. The number of rotatable bonds is 4. The molecule has 1 aromatic carbocycles. The lowest BCUT2D eigenvalue weighted by Crippen LogP contribution is -2.30. The Morgan fingerprint density at radius 2 is 2.10 bits per heavy atom. The minimum absolute atomic E-state index is 0.133. The summed E-state index contributed by atoms with van der Waals surface area (Å²) in [6.45, 7) is 4.70. The zero-order chi connectivity index (χ0) is 15.4. The maximum absolute atomic E-state index is 13.9. The molecule has 3 N–H and O–H groups in total. The van der Waals surface area contributed by atoms with E-state index in [1.165, 1.54) is 18.2 Å². The Balaban J connectivity index is 2.10. The van der Waals surface area contributed by atoms with Gasteiger partial charge in [-0.3, -0.25) is 4.79 Å². The molecule has 6 heteroatoms. The van der Waals surface area contributed by atoms with E-state index in [0.29, 0.717) is 23.5 Å². The topological polar surface area (TPSA) is 74.0 Å². The number of halogens is 1. The van der Waals surface area contributed by atoms with E-state index in [1.54, 1.807) is 6.07 Å². The monoisotopic (exact) mass is 291 g/mol. The first-order valence-electron chi connectivity index (χ1n) is 6.83. The third-order valence-corrected chi connectivity index (χ3v) is 3.05. The molecule has 1 heterocycles. The number of amides is 2. The molecule has 0 saturated heterocycles. The number of H-pyrrole nitrogens is 1. The maximum Gasteiger partial charge on any atom is 0.319 e. The van der Waals surface area contributed by atoms with Gasteiger partial charge in [-0.25, -0.2) is 9.18 Å². The van der Waals surface area contributed by atoms with Gasteiger partial charge in [0.25, 0.3) is 0 Å². The van der Waals surface area contributed by atoms with Gasteiger partial charge in [-0.05, 0) is 30.5 Å². The number of anilines is 1. The average Bonchev–Trinajstić information content (AvgIpc) is 2.39. The number of aromatic amines is 1. The third kappa shape index (κ3) is 4.05. The Kier molecular flexibility index (Phi) is 4.57. The molecule has 0 spiro atoms. The number of carbonyl (C=O) groups excluding carboxylic acids is 1. The minimum Gasteiger partial charge on any atom is -0.338 e. The van der Waals surface area contributed by atoms with Gasteiger partial charge in [0.2, 0.25) is 5.56 Å². The van der Waals surface area contributed by atoms with Gasteiger partial charge in [0.15, 0.2) is 0 Å². The summed E-state index contributed by atoms with van der Waals surface area (Å²) in [5.41, 5.74) is 0.107. The van der Waals surface area contributed by atoms with Crippen LogP contribution in [0.15, 0.2) is 29.1 Å². The van der Waals surface area contributed by atoms with Gasteiger partial charge in [0.1, 0.15) is 5.82 Å². The molecular formula is C15H18FN3O2. The van der Waals surface area contributed by atoms with E-state index in [2.05, 4.69) is 29.5 Å². The highest BCUT2D eigenvalue weighted by molar-refractivity contribution is 5.92. The van der Waals surface area contributed by atoms with Crippen LogP contribution in [0, 0.1) is 11.7 Å². The third-order valence-electron chi connectivity index (χ3n) is 3.05. The van der Waals surface area contributed by atoms with Crippen molar-refractivity contribution >= 4 is 22.6 Å². The number of hydrogen-bond acceptors (Lipinski definition) is 2. The molecule has 5 nitrogen and oxygen atoms in total. The molecule has 0 unspecified atom stereocenters. The second-order valence-corrected chi connectivity index (χ2v) is 5.31. The van der Waals surface area contributed by atoms with Gasteiger partial charge >= 0.3 is 6.03 Å². The minimum atomic E-state index is -0.581. The SMILES string of the molecule is CC(C)CCNC(=O)Nc1cc(F)c2[nH]c(=O)ccc2c1. The van der Waals surface area contributed by atoms with Crippen molar-refractivity contribution in [2.75, 3.05) is 11.9 Å². The van der Waals surface area contributed by atoms with Crippen LogP contribution in [0.1, 0.15) is 20.3 Å². The molecule has 2 rings (SSSR count). The van der Waals surface area contributed by atoms with Gasteiger partial charge in [-0.2, -0.15) is 0 Å². The van der Waals surface area contributed by atoms with Crippen LogP contribution >= 0.6 is 0 Å². The van der Waals surface area contributed by atoms with E-state index in [0.717, 1.165) is 6.42 Å². The van der Waals surface area contributed by atoms with Crippen LogP contribution in [0.2, 0.25) is 0 Å². The average molecular weight is 291 g/mol. The maximum atomic E-state index is 13.9. The van der Waals surface area contributed by atoms with Crippen molar-refractivity contribution in [3.63, 3.8) is 0 Å². The first-order valence-corrected chi connectivity index (χ1v) is 6.83. The predicted octanol–water partition coefficient (Wildman–Crippen LogP) is 2.83. The van der Waals surface area contributed by atoms with Crippen LogP contribution in [0.5, 0.6) is 0 Å². The molecule has 0 bridgehead atoms. The molecule has 0 aliphatic carbocycles. The van der Waals surface area contributed by atoms with Crippen LogP contribution in [0.3, 0.4) is 0 Å². The lowest BCUT2D eigenvalue weighted by atomic mass is 10.1. The van der Waals surface area contributed by atoms with E-state index in [9.17, 15) is 14.0 Å². The summed E-state index contributed by atoms with van der Waals surface area (Å²) < 4.78 is 13.9. The van der Waals surface area contributed by atoms with Crippen LogP contribution in [-0.4, -0.2) is 17.6 Å². The molecule has 0 atom stereocenters. The summed E-state index contributed by atoms with van der Waals surface area (Å²) in [6.07, 6.45) is 0.876. The van der Waals surface area contributed by atoms with E-state index >= 15 is 0 Å². The summed E-state index contributed by atoms with van der Waals surface area (Å²) in [7, 11) is 0. The van der Waals surface area contributed by atoms with Crippen molar-refractivity contribution in [3.05, 3.63) is 40.4 Å². The molecule has 2 amide bonds. The molecule has 0 saturated carbocycles. The second-order valence-electron chi connectivity index (χ2n) is 5.31. The molecule has 112 valence electrons. The van der Waals surface area contributed by atoms with Gasteiger partial charge in [-0.15, -0.1) is 0 Å². The van der Waals surface area contributed by atoms with E-state index in [4.69, 9.17) is 0 Å². The van der Waals surface area contributed by atoms with Crippen molar-refractivity contribution in [1.82, 2.24) is 10.3 Å². The molecule has 1 aromatic heterocycles. The molecule has 0 aliphatic heterocycles. The highest BCUT2D eigenvalue weighted by atomic mass is 19.1. The van der Waals surface area contributed by atoms with E-state index in [-0.39, 0.29) is 17.1 Å². The van der Waals surface area contributed by atoms with Crippen molar-refractivity contribution in [1.29, 1.82) is 0 Å². The Hall–Kier alpha value is -2.37. The zero-order valence-corrected chi connectivity index (χ0v) is 12.0. The fraction of sp³-hybridized carbons (Fsp3) is 0.333. The largest absolute Gasteiger partial charge is 0.338 e. The molecule has 0 radical (unpaired) electrons. The number of carbonyl (C=O) groups is 1. The highest BCUT2D eigenvalue weighted by Gasteiger charge is 2.07. The van der Waals surface area contributed by atoms with Crippen LogP contribution in [0.4, 0.5) is 14.9 Å². The molecule has 0 aliphatic rings. The van der Waals surface area contributed by atoms with Crippen molar-refractivity contribution in [2.24, 2.45) is 5.92 Å². The molecule has 2 aromatic rings. The number of urea groups is 1. The standard InChI is InChI=1S/C15H18FN3O2/c1-9(2)5-6-17-15(21)18-11-7-10-3-4-13(20)19-14(10)12(16)8-11/h3-4,7-9H,5-6H2,1-2H3,(H,19,20)(H2,17,18,21). The van der Waals surface area contributed by atoms with E-state index < -0.39 is 5.82 Å². The lowest BCUT2D eigenvalue weighted by molar-refractivity contribution is 0.251. The summed E-state index contributed by atoms with van der Waals surface area (Å²) in [5, 5.41) is 5.81. The van der Waals surface area contributed by atoms with Gasteiger partial charge in [0, 0.05) is 23.7 Å². The molecule has 0 fully saturated rings. The number of fused-ring (bicyclic) bond motifs is 1. The number of aromatic nitrogens is 1. The summed E-state index contributed by atoms with van der Waals surface area (Å²) in [4.78, 5) is 25.3. The fourth-order valence-corrected chi connectivity index (χ4v) is 1.94. The summed E-state index contributed by atoms with van der Waals surface area (Å²) >= 11 is 0. The van der Waals surface area contributed by atoms with Gasteiger partial charge < -0.3 is 15.6 Å². The Morgan fingerprint density at radius 1 is 1.33 bits per heavy atom. The van der Waals surface area contributed by atoms with Crippen LogP contribution in [0.25, 0.3) is 10.9 Å². The fourth-order valence-electron chi connectivity index (χ4n) is 1.94.